The van der Waals surface area contributed by atoms with Crippen molar-refractivity contribution in [3.05, 3.63) is 22.2 Å². The third-order valence-electron chi connectivity index (χ3n) is 2.44. The fourth-order valence-corrected chi connectivity index (χ4v) is 2.29. The van der Waals surface area contributed by atoms with Crippen molar-refractivity contribution in [3.8, 4) is 11.5 Å². The summed E-state index contributed by atoms with van der Waals surface area (Å²) in [6.07, 6.45) is 2.86. The number of ether oxygens (including phenoxy) is 3. The van der Waals surface area contributed by atoms with Gasteiger partial charge in [0.25, 0.3) is 0 Å². The Morgan fingerprint density at radius 3 is 2.70 bits per heavy atom. The molecule has 112 valence electrons. The molecule has 0 N–H and O–H groups in total. The number of carbonyl (C=O) groups is 1. The molecule has 20 heavy (non-hydrogen) atoms. The second kappa shape index (κ2) is 9.13. The van der Waals surface area contributed by atoms with Gasteiger partial charge in [0.05, 0.1) is 23.8 Å². The second-order valence-corrected chi connectivity index (χ2v) is 5.81. The minimum atomic E-state index is -0.361. The largest absolute Gasteiger partial charge is 0.493 e. The topological polar surface area (TPSA) is 44.8 Å². The smallest absolute Gasteiger partial charge is 0.338 e. The molecule has 0 aliphatic rings. The fourth-order valence-electron chi connectivity index (χ4n) is 1.48. The molecule has 0 fully saturated rings. The zero-order valence-corrected chi connectivity index (χ0v) is 14.3. The van der Waals surface area contributed by atoms with E-state index in [2.05, 4.69) is 15.9 Å². The molecule has 1 aromatic rings. The van der Waals surface area contributed by atoms with Gasteiger partial charge in [-0.25, -0.2) is 4.79 Å². The zero-order chi connectivity index (χ0) is 15.0. The molecular formula is C14H19BrO4S. The van der Waals surface area contributed by atoms with E-state index in [1.807, 2.05) is 13.2 Å². The molecule has 4 nitrogen and oxygen atoms in total. The highest BCUT2D eigenvalue weighted by molar-refractivity contribution is 9.10. The Morgan fingerprint density at radius 1 is 1.35 bits per heavy atom. The number of carbonyl (C=O) groups excluding carboxylic acids is 1. The normalized spacial score (nSPS) is 10.2. The van der Waals surface area contributed by atoms with Gasteiger partial charge in [0.15, 0.2) is 11.5 Å². The summed E-state index contributed by atoms with van der Waals surface area (Å²) in [5.41, 5.74) is 0.443. The van der Waals surface area contributed by atoms with Gasteiger partial charge in [-0.3, -0.25) is 0 Å². The minimum Gasteiger partial charge on any atom is -0.493 e. The number of thioether (sulfide) groups is 1. The molecule has 0 saturated carbocycles. The number of methoxy groups -OCH3 is 1. The Hall–Kier alpha value is -0.880. The van der Waals surface area contributed by atoms with Crippen LogP contribution in [0.3, 0.4) is 0 Å². The molecule has 0 bridgehead atoms. The van der Waals surface area contributed by atoms with Crippen LogP contribution in [0.2, 0.25) is 0 Å². The second-order valence-electron chi connectivity index (χ2n) is 3.97. The Balaban J connectivity index is 2.89. The van der Waals surface area contributed by atoms with Gasteiger partial charge >= 0.3 is 5.97 Å². The number of rotatable bonds is 8. The Labute approximate surface area is 132 Å². The predicted molar refractivity (Wildman–Crippen MR) is 85.1 cm³/mol. The number of benzene rings is 1. The molecule has 0 unspecified atom stereocenters. The maximum Gasteiger partial charge on any atom is 0.338 e. The highest BCUT2D eigenvalue weighted by Gasteiger charge is 2.16. The summed E-state index contributed by atoms with van der Waals surface area (Å²) in [7, 11) is 1.55. The van der Waals surface area contributed by atoms with Crippen molar-refractivity contribution in [2.24, 2.45) is 0 Å². The molecule has 0 heterocycles. The van der Waals surface area contributed by atoms with Gasteiger partial charge < -0.3 is 14.2 Å². The lowest BCUT2D eigenvalue weighted by Crippen LogP contribution is -2.09. The van der Waals surface area contributed by atoms with E-state index in [4.69, 9.17) is 14.2 Å². The van der Waals surface area contributed by atoms with Crippen molar-refractivity contribution >= 4 is 33.7 Å². The Morgan fingerprint density at radius 2 is 2.10 bits per heavy atom. The molecule has 0 spiro atoms. The van der Waals surface area contributed by atoms with Crippen LogP contribution in [0.5, 0.6) is 11.5 Å². The van der Waals surface area contributed by atoms with Crippen molar-refractivity contribution < 1.29 is 19.0 Å². The Bertz CT molecular complexity index is 451. The molecule has 0 radical (unpaired) electrons. The van der Waals surface area contributed by atoms with Gasteiger partial charge in [-0.2, -0.15) is 11.8 Å². The van der Waals surface area contributed by atoms with Gasteiger partial charge in [-0.15, -0.1) is 0 Å². The molecule has 0 aliphatic carbocycles. The van der Waals surface area contributed by atoms with Crippen molar-refractivity contribution in [2.75, 3.05) is 32.3 Å². The van der Waals surface area contributed by atoms with E-state index >= 15 is 0 Å². The highest BCUT2D eigenvalue weighted by Crippen LogP contribution is 2.36. The van der Waals surface area contributed by atoms with Crippen molar-refractivity contribution in [1.82, 2.24) is 0 Å². The van der Waals surface area contributed by atoms with Crippen LogP contribution in [0.4, 0.5) is 0 Å². The standard InChI is InChI=1S/C14H19BrO4S/c1-4-5-18-13-11(15)8-10(9-12(13)17-2)14(16)19-6-7-20-3/h8-9H,4-7H2,1-3H3. The van der Waals surface area contributed by atoms with Crippen LogP contribution >= 0.6 is 27.7 Å². The maximum atomic E-state index is 11.9. The first-order valence-corrected chi connectivity index (χ1v) is 8.49. The summed E-state index contributed by atoms with van der Waals surface area (Å²) in [5.74, 6) is 1.54. The molecule has 0 aliphatic heterocycles. The van der Waals surface area contributed by atoms with Crippen LogP contribution in [0.1, 0.15) is 23.7 Å². The number of esters is 1. The van der Waals surface area contributed by atoms with E-state index in [-0.39, 0.29) is 5.97 Å². The van der Waals surface area contributed by atoms with Gasteiger partial charge in [0.2, 0.25) is 0 Å². The molecule has 6 heteroatoms. The Kier molecular flexibility index (Phi) is 7.84. The number of hydrogen-bond donors (Lipinski definition) is 0. The van der Waals surface area contributed by atoms with E-state index in [1.165, 1.54) is 0 Å². The van der Waals surface area contributed by atoms with Gasteiger partial charge in [-0.1, -0.05) is 6.92 Å². The summed E-state index contributed by atoms with van der Waals surface area (Å²) in [4.78, 5) is 11.9. The van der Waals surface area contributed by atoms with Gasteiger partial charge in [0, 0.05) is 5.75 Å². The first-order chi connectivity index (χ1) is 9.63. The first-order valence-electron chi connectivity index (χ1n) is 6.30. The minimum absolute atomic E-state index is 0.361. The molecule has 1 rings (SSSR count). The van der Waals surface area contributed by atoms with Crippen LogP contribution in [0.25, 0.3) is 0 Å². The van der Waals surface area contributed by atoms with Crippen LogP contribution in [-0.2, 0) is 4.74 Å². The highest BCUT2D eigenvalue weighted by atomic mass is 79.9. The van der Waals surface area contributed by atoms with E-state index in [0.717, 1.165) is 12.2 Å². The van der Waals surface area contributed by atoms with Crippen LogP contribution in [-0.4, -0.2) is 38.3 Å². The van der Waals surface area contributed by atoms with Crippen LogP contribution < -0.4 is 9.47 Å². The molecule has 0 saturated heterocycles. The zero-order valence-electron chi connectivity index (χ0n) is 11.9. The monoisotopic (exact) mass is 362 g/mol. The summed E-state index contributed by atoms with van der Waals surface area (Å²) in [5, 5.41) is 0. The summed E-state index contributed by atoms with van der Waals surface area (Å²) >= 11 is 5.03. The van der Waals surface area contributed by atoms with Crippen molar-refractivity contribution in [3.63, 3.8) is 0 Å². The predicted octanol–water partition coefficient (Wildman–Crippen LogP) is 3.77. The number of hydrogen-bond acceptors (Lipinski definition) is 5. The average Bonchev–Trinajstić information content (AvgIpc) is 2.45. The third kappa shape index (κ3) is 4.90. The average molecular weight is 363 g/mol. The summed E-state index contributed by atoms with van der Waals surface area (Å²) in [6, 6.07) is 3.33. The SMILES string of the molecule is CCCOc1c(Br)cc(C(=O)OCCSC)cc1OC. The molecule has 0 atom stereocenters. The third-order valence-corrected chi connectivity index (χ3v) is 3.60. The quantitative estimate of drug-likeness (QED) is 0.520. The lowest BCUT2D eigenvalue weighted by atomic mass is 10.2. The molecule has 0 amide bonds. The lowest BCUT2D eigenvalue weighted by Gasteiger charge is -2.13. The van der Waals surface area contributed by atoms with E-state index in [0.29, 0.717) is 34.7 Å². The fraction of sp³-hybridized carbons (Fsp3) is 0.500. The van der Waals surface area contributed by atoms with Gasteiger partial charge in [0.1, 0.15) is 6.61 Å². The van der Waals surface area contributed by atoms with Crippen molar-refractivity contribution in [1.29, 1.82) is 0 Å². The maximum absolute atomic E-state index is 11.9. The molecule has 0 aromatic heterocycles. The van der Waals surface area contributed by atoms with E-state index in [9.17, 15) is 4.79 Å². The number of halogens is 1. The molecule has 1 aromatic carbocycles. The van der Waals surface area contributed by atoms with E-state index < -0.39 is 0 Å². The van der Waals surface area contributed by atoms with Crippen LogP contribution in [0.15, 0.2) is 16.6 Å². The summed E-state index contributed by atoms with van der Waals surface area (Å²) in [6.45, 7) is 3.01. The molecular weight excluding hydrogens is 344 g/mol. The first kappa shape index (κ1) is 17.2. The summed E-state index contributed by atoms with van der Waals surface area (Å²) < 4.78 is 16.7. The van der Waals surface area contributed by atoms with Crippen LogP contribution in [0, 0.1) is 0 Å². The van der Waals surface area contributed by atoms with E-state index in [1.54, 1.807) is 31.0 Å². The van der Waals surface area contributed by atoms with Gasteiger partial charge in [-0.05, 0) is 40.7 Å². The van der Waals surface area contributed by atoms with Crippen molar-refractivity contribution in [2.45, 2.75) is 13.3 Å². The lowest BCUT2D eigenvalue weighted by molar-refractivity contribution is 0.0530.